The molecule has 21 heavy (non-hydrogen) atoms. The molecule has 0 aliphatic rings. The van der Waals surface area contributed by atoms with E-state index in [1.165, 1.54) is 11.1 Å². The Morgan fingerprint density at radius 3 is 2.48 bits per heavy atom. The molecule has 112 valence electrons. The van der Waals surface area contributed by atoms with Gasteiger partial charge in [0.05, 0.1) is 12.3 Å². The first kappa shape index (κ1) is 15.2. The van der Waals surface area contributed by atoms with Gasteiger partial charge in [-0.1, -0.05) is 13.0 Å². The van der Waals surface area contributed by atoms with Gasteiger partial charge < -0.3 is 15.2 Å². The number of hydrogen-bond acceptors (Lipinski definition) is 3. The zero-order valence-electron chi connectivity index (χ0n) is 13.2. The summed E-state index contributed by atoms with van der Waals surface area (Å²) in [5.41, 5.74) is 10.1. The van der Waals surface area contributed by atoms with Gasteiger partial charge in [0, 0.05) is 6.07 Å². The zero-order valence-corrected chi connectivity index (χ0v) is 13.2. The van der Waals surface area contributed by atoms with Crippen LogP contribution in [0.3, 0.4) is 0 Å². The number of nitrogen functional groups attached to an aromatic ring is 1. The summed E-state index contributed by atoms with van der Waals surface area (Å²) in [5, 5.41) is 0. The van der Waals surface area contributed by atoms with Gasteiger partial charge in [-0.05, 0) is 62.1 Å². The monoisotopic (exact) mass is 285 g/mol. The van der Waals surface area contributed by atoms with E-state index >= 15 is 0 Å². The van der Waals surface area contributed by atoms with Gasteiger partial charge in [0.15, 0.2) is 0 Å². The predicted molar refractivity (Wildman–Crippen MR) is 87.4 cm³/mol. The molecule has 0 aliphatic carbocycles. The molecule has 2 aromatic rings. The van der Waals surface area contributed by atoms with E-state index in [1.807, 2.05) is 24.3 Å². The van der Waals surface area contributed by atoms with Gasteiger partial charge in [0.25, 0.3) is 0 Å². The maximum atomic E-state index is 6.01. The minimum Gasteiger partial charge on any atom is -0.491 e. The summed E-state index contributed by atoms with van der Waals surface area (Å²) in [7, 11) is 0. The third-order valence-electron chi connectivity index (χ3n) is 3.44. The number of hydrogen-bond donors (Lipinski definition) is 1. The molecule has 0 fully saturated rings. The van der Waals surface area contributed by atoms with Crippen LogP contribution in [0.15, 0.2) is 30.3 Å². The Hall–Kier alpha value is -2.16. The summed E-state index contributed by atoms with van der Waals surface area (Å²) in [6.45, 7) is 8.94. The highest BCUT2D eigenvalue weighted by Crippen LogP contribution is 2.32. The molecule has 0 heterocycles. The molecule has 0 bridgehead atoms. The lowest BCUT2D eigenvalue weighted by Crippen LogP contribution is -1.99. The van der Waals surface area contributed by atoms with E-state index < -0.39 is 0 Å². The molecule has 0 unspecified atom stereocenters. The number of benzene rings is 2. The fraction of sp³-hybridized carbons (Fsp3) is 0.333. The van der Waals surface area contributed by atoms with Crippen LogP contribution in [0.5, 0.6) is 17.2 Å². The molecule has 0 aromatic heterocycles. The second-order valence-corrected chi connectivity index (χ2v) is 5.36. The van der Waals surface area contributed by atoms with Gasteiger partial charge in [-0.15, -0.1) is 0 Å². The van der Waals surface area contributed by atoms with Crippen LogP contribution in [-0.4, -0.2) is 6.61 Å². The molecule has 0 atom stereocenters. The molecule has 0 radical (unpaired) electrons. The normalized spacial score (nSPS) is 10.5. The second kappa shape index (κ2) is 6.53. The van der Waals surface area contributed by atoms with Crippen LogP contribution < -0.4 is 15.2 Å². The molecule has 3 nitrogen and oxygen atoms in total. The topological polar surface area (TPSA) is 44.5 Å². The van der Waals surface area contributed by atoms with Crippen molar-refractivity contribution in [1.82, 2.24) is 0 Å². The molecule has 2 rings (SSSR count). The highest BCUT2D eigenvalue weighted by molar-refractivity contribution is 5.56. The maximum Gasteiger partial charge on any atom is 0.145 e. The molecular formula is C18H23NO2. The van der Waals surface area contributed by atoms with Crippen molar-refractivity contribution in [3.05, 3.63) is 47.0 Å². The first-order valence-corrected chi connectivity index (χ1v) is 7.29. The summed E-state index contributed by atoms with van der Waals surface area (Å²) in [6, 6.07) is 9.73. The Kier molecular flexibility index (Phi) is 4.73. The Morgan fingerprint density at radius 1 is 1.00 bits per heavy atom. The number of rotatable bonds is 5. The van der Waals surface area contributed by atoms with Crippen molar-refractivity contribution in [2.24, 2.45) is 0 Å². The van der Waals surface area contributed by atoms with Crippen molar-refractivity contribution < 1.29 is 9.47 Å². The van der Waals surface area contributed by atoms with Crippen LogP contribution in [0.2, 0.25) is 0 Å². The van der Waals surface area contributed by atoms with E-state index in [0.717, 1.165) is 23.5 Å². The second-order valence-electron chi connectivity index (χ2n) is 5.36. The molecule has 3 heteroatoms. The lowest BCUT2D eigenvalue weighted by atomic mass is 10.1. The van der Waals surface area contributed by atoms with E-state index in [9.17, 15) is 0 Å². The molecule has 2 aromatic carbocycles. The van der Waals surface area contributed by atoms with E-state index in [-0.39, 0.29) is 0 Å². The average molecular weight is 285 g/mol. The lowest BCUT2D eigenvalue weighted by Gasteiger charge is -2.14. The van der Waals surface area contributed by atoms with Crippen molar-refractivity contribution >= 4 is 5.69 Å². The van der Waals surface area contributed by atoms with Crippen molar-refractivity contribution in [1.29, 1.82) is 0 Å². The van der Waals surface area contributed by atoms with Crippen LogP contribution in [-0.2, 0) is 0 Å². The number of anilines is 1. The van der Waals surface area contributed by atoms with Crippen LogP contribution >= 0.6 is 0 Å². The summed E-state index contributed by atoms with van der Waals surface area (Å²) in [5.74, 6) is 2.29. The zero-order chi connectivity index (χ0) is 15.4. The fourth-order valence-corrected chi connectivity index (χ4v) is 2.15. The van der Waals surface area contributed by atoms with Crippen molar-refractivity contribution in [3.8, 4) is 17.2 Å². The van der Waals surface area contributed by atoms with Crippen LogP contribution in [0.25, 0.3) is 0 Å². The summed E-state index contributed by atoms with van der Waals surface area (Å²) in [4.78, 5) is 0. The van der Waals surface area contributed by atoms with Gasteiger partial charge in [0.1, 0.15) is 17.2 Å². The number of aryl methyl sites for hydroxylation is 2. The lowest BCUT2D eigenvalue weighted by molar-refractivity contribution is 0.317. The van der Waals surface area contributed by atoms with E-state index in [4.69, 9.17) is 15.2 Å². The minimum atomic E-state index is 0.632. The Bertz CT molecular complexity index is 635. The molecule has 0 saturated heterocycles. The standard InChI is InChI=1S/C18H23NO2/c1-5-8-20-18-11-15(6-7-16(18)19)21-17-10-12(2)9-13(3)14(17)4/h6-7,9-11H,5,8,19H2,1-4H3. The quantitative estimate of drug-likeness (QED) is 0.804. The third-order valence-corrected chi connectivity index (χ3v) is 3.44. The smallest absolute Gasteiger partial charge is 0.145 e. The highest BCUT2D eigenvalue weighted by atomic mass is 16.5. The Morgan fingerprint density at radius 2 is 1.76 bits per heavy atom. The summed E-state index contributed by atoms with van der Waals surface area (Å²) in [6.07, 6.45) is 0.945. The molecule has 0 spiro atoms. The predicted octanol–water partition coefficient (Wildman–Crippen LogP) is 4.78. The van der Waals surface area contributed by atoms with Crippen molar-refractivity contribution in [2.75, 3.05) is 12.3 Å². The van der Waals surface area contributed by atoms with E-state index in [0.29, 0.717) is 18.0 Å². The first-order valence-electron chi connectivity index (χ1n) is 7.29. The summed E-state index contributed by atoms with van der Waals surface area (Å²) >= 11 is 0. The largest absolute Gasteiger partial charge is 0.491 e. The van der Waals surface area contributed by atoms with Gasteiger partial charge in [-0.3, -0.25) is 0 Å². The highest BCUT2D eigenvalue weighted by Gasteiger charge is 2.08. The summed E-state index contributed by atoms with van der Waals surface area (Å²) < 4.78 is 11.6. The van der Waals surface area contributed by atoms with Gasteiger partial charge in [-0.25, -0.2) is 0 Å². The molecule has 0 aliphatic heterocycles. The Balaban J connectivity index is 2.27. The molecule has 0 amide bonds. The maximum absolute atomic E-state index is 6.01. The van der Waals surface area contributed by atoms with Crippen molar-refractivity contribution in [3.63, 3.8) is 0 Å². The Labute approximate surface area is 126 Å². The molecule has 2 N–H and O–H groups in total. The minimum absolute atomic E-state index is 0.632. The number of ether oxygens (including phenoxy) is 2. The van der Waals surface area contributed by atoms with Crippen molar-refractivity contribution in [2.45, 2.75) is 34.1 Å². The third kappa shape index (κ3) is 3.69. The average Bonchev–Trinajstić information content (AvgIpc) is 2.44. The SMILES string of the molecule is CCCOc1cc(Oc2cc(C)cc(C)c2C)ccc1N. The van der Waals surface area contributed by atoms with Crippen LogP contribution in [0.4, 0.5) is 5.69 Å². The van der Waals surface area contributed by atoms with Crippen LogP contribution in [0.1, 0.15) is 30.0 Å². The van der Waals surface area contributed by atoms with Gasteiger partial charge in [-0.2, -0.15) is 0 Å². The molecular weight excluding hydrogens is 262 g/mol. The molecule has 0 saturated carbocycles. The fourth-order valence-electron chi connectivity index (χ4n) is 2.15. The van der Waals surface area contributed by atoms with E-state index in [2.05, 4.69) is 33.8 Å². The number of nitrogens with two attached hydrogens (primary N) is 1. The van der Waals surface area contributed by atoms with Gasteiger partial charge in [0.2, 0.25) is 0 Å². The first-order chi connectivity index (χ1) is 10.0. The van der Waals surface area contributed by atoms with E-state index in [1.54, 1.807) is 0 Å². The van der Waals surface area contributed by atoms with Gasteiger partial charge >= 0.3 is 0 Å². The van der Waals surface area contributed by atoms with Crippen LogP contribution in [0, 0.1) is 20.8 Å².